The zero-order valence-electron chi connectivity index (χ0n) is 10.1. The summed E-state index contributed by atoms with van der Waals surface area (Å²) in [5.41, 5.74) is 0. The number of carboxylic acid groups (broad SMARTS) is 1. The predicted molar refractivity (Wildman–Crippen MR) is 65.0 cm³/mol. The summed E-state index contributed by atoms with van der Waals surface area (Å²) in [6, 6.07) is -0.177. The summed E-state index contributed by atoms with van der Waals surface area (Å²) in [4.78, 5) is 22.8. The van der Waals surface area contributed by atoms with Gasteiger partial charge in [0.15, 0.2) is 0 Å². The van der Waals surface area contributed by atoms with Crippen LogP contribution in [0, 0.1) is 11.8 Å². The van der Waals surface area contributed by atoms with E-state index >= 15 is 0 Å². The molecule has 17 heavy (non-hydrogen) atoms. The van der Waals surface area contributed by atoms with Crippen molar-refractivity contribution in [1.82, 2.24) is 5.32 Å². The number of rotatable bonds is 5. The van der Waals surface area contributed by atoms with Crippen LogP contribution in [0.5, 0.6) is 0 Å². The van der Waals surface area contributed by atoms with Gasteiger partial charge in [0.2, 0.25) is 5.91 Å². The molecule has 0 spiro atoms. The second-order valence-corrected chi connectivity index (χ2v) is 6.11. The fourth-order valence-corrected chi connectivity index (χ4v) is 3.10. The van der Waals surface area contributed by atoms with Gasteiger partial charge < -0.3 is 10.4 Å². The van der Waals surface area contributed by atoms with Crippen molar-refractivity contribution in [2.45, 2.75) is 32.2 Å². The highest BCUT2D eigenvalue weighted by atomic mass is 32.2. The largest absolute Gasteiger partial charge is 0.481 e. The van der Waals surface area contributed by atoms with E-state index in [2.05, 4.69) is 5.32 Å². The molecule has 0 radical (unpaired) electrons. The molecule has 2 unspecified atom stereocenters. The molecule has 0 aliphatic heterocycles. The summed E-state index contributed by atoms with van der Waals surface area (Å²) in [6.45, 7) is 1.78. The van der Waals surface area contributed by atoms with Crippen molar-refractivity contribution in [2.75, 3.05) is 12.0 Å². The van der Waals surface area contributed by atoms with E-state index in [1.807, 2.05) is 0 Å². The lowest BCUT2D eigenvalue weighted by atomic mass is 9.95. The van der Waals surface area contributed by atoms with Gasteiger partial charge in [-0.3, -0.25) is 13.8 Å². The molecule has 4 atom stereocenters. The van der Waals surface area contributed by atoms with Crippen LogP contribution in [0.1, 0.15) is 26.2 Å². The van der Waals surface area contributed by atoms with Crippen LogP contribution in [0.4, 0.5) is 0 Å². The van der Waals surface area contributed by atoms with Crippen molar-refractivity contribution >= 4 is 22.7 Å². The Kier molecular flexibility index (Phi) is 5.11. The van der Waals surface area contributed by atoms with E-state index in [0.717, 1.165) is 6.42 Å². The lowest BCUT2D eigenvalue weighted by Crippen LogP contribution is -2.42. The second-order valence-electron chi connectivity index (χ2n) is 4.63. The van der Waals surface area contributed by atoms with Gasteiger partial charge in [-0.15, -0.1) is 0 Å². The molecule has 0 aromatic heterocycles. The smallest absolute Gasteiger partial charge is 0.307 e. The molecule has 1 amide bonds. The van der Waals surface area contributed by atoms with Crippen molar-refractivity contribution in [3.05, 3.63) is 0 Å². The SMILES string of the molecule is CC(CS(C)=O)NC(=O)[C@@H]1CCC[C@@H]1C(=O)O. The Labute approximate surface area is 103 Å². The van der Waals surface area contributed by atoms with Gasteiger partial charge in [0, 0.05) is 28.9 Å². The van der Waals surface area contributed by atoms with E-state index in [-0.39, 0.29) is 11.9 Å². The quantitative estimate of drug-likeness (QED) is 0.749. The van der Waals surface area contributed by atoms with E-state index in [1.165, 1.54) is 0 Å². The first-order chi connectivity index (χ1) is 7.91. The van der Waals surface area contributed by atoms with Crippen molar-refractivity contribution in [3.8, 4) is 0 Å². The maximum atomic E-state index is 11.9. The number of nitrogens with one attached hydrogen (secondary N) is 1. The summed E-state index contributed by atoms with van der Waals surface area (Å²) in [5, 5.41) is 11.7. The third-order valence-corrected chi connectivity index (χ3v) is 4.01. The number of hydrogen-bond acceptors (Lipinski definition) is 3. The molecule has 1 aliphatic carbocycles. The average molecular weight is 261 g/mol. The molecule has 98 valence electrons. The van der Waals surface area contributed by atoms with Crippen LogP contribution in [0.2, 0.25) is 0 Å². The molecular formula is C11H19NO4S. The fourth-order valence-electron chi connectivity index (χ4n) is 2.31. The number of amides is 1. The number of carbonyl (C=O) groups is 2. The topological polar surface area (TPSA) is 83.5 Å². The van der Waals surface area contributed by atoms with Crippen molar-refractivity contribution in [2.24, 2.45) is 11.8 Å². The monoisotopic (exact) mass is 261 g/mol. The Hall–Kier alpha value is -0.910. The number of aliphatic carboxylic acids is 1. The minimum absolute atomic E-state index is 0.177. The van der Waals surface area contributed by atoms with Crippen LogP contribution >= 0.6 is 0 Å². The van der Waals surface area contributed by atoms with Gasteiger partial charge in [-0.05, 0) is 19.8 Å². The lowest BCUT2D eigenvalue weighted by Gasteiger charge is -2.19. The van der Waals surface area contributed by atoms with Crippen LogP contribution in [0.15, 0.2) is 0 Å². The first kappa shape index (κ1) is 14.2. The van der Waals surface area contributed by atoms with E-state index in [9.17, 15) is 13.8 Å². The zero-order chi connectivity index (χ0) is 13.0. The Morgan fingerprint density at radius 3 is 2.53 bits per heavy atom. The summed E-state index contributed by atoms with van der Waals surface area (Å²) in [7, 11) is -0.962. The molecule has 6 heteroatoms. The van der Waals surface area contributed by atoms with Gasteiger partial charge in [0.1, 0.15) is 0 Å². The van der Waals surface area contributed by atoms with E-state index in [1.54, 1.807) is 13.2 Å². The Morgan fingerprint density at radius 2 is 2.00 bits per heavy atom. The molecule has 1 fully saturated rings. The molecule has 0 bridgehead atoms. The lowest BCUT2D eigenvalue weighted by molar-refractivity contribution is -0.146. The minimum Gasteiger partial charge on any atom is -0.481 e. The normalized spacial score (nSPS) is 27.4. The van der Waals surface area contributed by atoms with Gasteiger partial charge in [-0.2, -0.15) is 0 Å². The highest BCUT2D eigenvalue weighted by Crippen LogP contribution is 2.32. The molecule has 0 heterocycles. The summed E-state index contributed by atoms with van der Waals surface area (Å²) >= 11 is 0. The number of hydrogen-bond donors (Lipinski definition) is 2. The molecule has 0 aromatic rings. The Bertz CT molecular complexity index is 331. The molecule has 0 aromatic carbocycles. The van der Waals surface area contributed by atoms with Gasteiger partial charge in [-0.1, -0.05) is 6.42 Å². The van der Waals surface area contributed by atoms with Crippen molar-refractivity contribution < 1.29 is 18.9 Å². The van der Waals surface area contributed by atoms with Crippen LogP contribution in [-0.2, 0) is 20.4 Å². The molecule has 1 aliphatic rings. The number of carboxylic acids is 1. The van der Waals surface area contributed by atoms with Crippen molar-refractivity contribution in [3.63, 3.8) is 0 Å². The molecule has 1 rings (SSSR count). The van der Waals surface area contributed by atoms with Crippen LogP contribution in [0.25, 0.3) is 0 Å². The first-order valence-electron chi connectivity index (χ1n) is 5.75. The molecular weight excluding hydrogens is 242 g/mol. The fraction of sp³-hybridized carbons (Fsp3) is 0.818. The highest BCUT2D eigenvalue weighted by Gasteiger charge is 2.37. The Balaban J connectivity index is 2.52. The van der Waals surface area contributed by atoms with Crippen molar-refractivity contribution in [1.29, 1.82) is 0 Å². The third-order valence-electron chi connectivity index (χ3n) is 3.04. The van der Waals surface area contributed by atoms with Crippen LogP contribution in [-0.4, -0.2) is 39.2 Å². The number of carbonyl (C=O) groups excluding carboxylic acids is 1. The van der Waals surface area contributed by atoms with E-state index < -0.39 is 28.6 Å². The maximum absolute atomic E-state index is 11.9. The molecule has 2 N–H and O–H groups in total. The maximum Gasteiger partial charge on any atom is 0.307 e. The Morgan fingerprint density at radius 1 is 1.41 bits per heavy atom. The standard InChI is InChI=1S/C11H19NO4S/c1-7(6-17(2)16)12-10(13)8-4-3-5-9(8)11(14)15/h7-9H,3-6H2,1-2H3,(H,12,13)(H,14,15)/t7?,8-,9+,17?/m1/s1. The van der Waals surface area contributed by atoms with Gasteiger partial charge >= 0.3 is 5.97 Å². The predicted octanol–water partition coefficient (Wildman–Crippen LogP) is 0.370. The van der Waals surface area contributed by atoms with Crippen LogP contribution in [0.3, 0.4) is 0 Å². The third kappa shape index (κ3) is 4.11. The average Bonchev–Trinajstić information content (AvgIpc) is 2.63. The van der Waals surface area contributed by atoms with Gasteiger partial charge in [-0.25, -0.2) is 0 Å². The van der Waals surface area contributed by atoms with Gasteiger partial charge in [0.25, 0.3) is 0 Å². The van der Waals surface area contributed by atoms with E-state index in [0.29, 0.717) is 18.6 Å². The highest BCUT2D eigenvalue weighted by molar-refractivity contribution is 7.84. The summed E-state index contributed by atoms with van der Waals surface area (Å²) < 4.78 is 11.0. The zero-order valence-corrected chi connectivity index (χ0v) is 11.0. The summed E-state index contributed by atoms with van der Waals surface area (Å²) in [5.74, 6) is -1.70. The summed E-state index contributed by atoms with van der Waals surface area (Å²) in [6.07, 6.45) is 3.56. The molecule has 1 saturated carbocycles. The molecule has 0 saturated heterocycles. The van der Waals surface area contributed by atoms with Crippen LogP contribution < -0.4 is 5.32 Å². The van der Waals surface area contributed by atoms with Gasteiger partial charge in [0.05, 0.1) is 11.8 Å². The second kappa shape index (κ2) is 6.14. The molecule has 5 nitrogen and oxygen atoms in total. The van der Waals surface area contributed by atoms with E-state index in [4.69, 9.17) is 5.11 Å². The first-order valence-corrected chi connectivity index (χ1v) is 7.47. The minimum atomic E-state index is -0.962.